The van der Waals surface area contributed by atoms with Crippen LogP contribution in [0.2, 0.25) is 0 Å². The molecule has 0 unspecified atom stereocenters. The Labute approximate surface area is 230 Å². The Morgan fingerprint density at radius 2 is 0.949 bits per heavy atom. The SMILES string of the molecule is Cc1ccc(Nc2c3ccccc3c(Nc3ccc(C)cc3)c3cc4c(cc23)-c2ccccc2C4(C)C)cc1. The average molecular weight is 505 g/mol. The van der Waals surface area contributed by atoms with E-state index in [1.165, 1.54) is 54.9 Å². The first-order chi connectivity index (χ1) is 18.9. The van der Waals surface area contributed by atoms with Crippen LogP contribution in [-0.2, 0) is 5.41 Å². The van der Waals surface area contributed by atoms with Crippen molar-refractivity contribution in [1.29, 1.82) is 0 Å². The standard InChI is InChI=1S/C37H32N2/c1-23-13-17-25(18-14-23)38-35-28-10-5-6-11-29(28)36(39-26-19-15-24(2)16-20-26)32-22-34-30(21-31(32)35)27-9-7-8-12-33(27)37(34,3)4/h5-22,38-39H,1-4H3. The highest BCUT2D eigenvalue weighted by Crippen LogP contribution is 2.52. The third-order valence-electron chi connectivity index (χ3n) is 8.37. The molecule has 0 fully saturated rings. The molecule has 0 saturated heterocycles. The minimum absolute atomic E-state index is 0.0720. The van der Waals surface area contributed by atoms with Crippen molar-refractivity contribution in [1.82, 2.24) is 0 Å². The van der Waals surface area contributed by atoms with Gasteiger partial charge in [-0.25, -0.2) is 0 Å². The van der Waals surface area contributed by atoms with Crippen molar-refractivity contribution in [3.63, 3.8) is 0 Å². The fourth-order valence-electron chi connectivity index (χ4n) is 6.20. The molecule has 0 aromatic heterocycles. The lowest BCUT2D eigenvalue weighted by Gasteiger charge is -2.24. The molecule has 6 aromatic rings. The van der Waals surface area contributed by atoms with E-state index in [4.69, 9.17) is 0 Å². The van der Waals surface area contributed by atoms with Gasteiger partial charge in [0.2, 0.25) is 0 Å². The Kier molecular flexibility index (Phi) is 5.28. The van der Waals surface area contributed by atoms with Gasteiger partial charge in [0.1, 0.15) is 0 Å². The Hall–Kier alpha value is -4.56. The summed E-state index contributed by atoms with van der Waals surface area (Å²) in [6.07, 6.45) is 0. The van der Waals surface area contributed by atoms with Gasteiger partial charge in [-0.3, -0.25) is 0 Å². The van der Waals surface area contributed by atoms with E-state index in [9.17, 15) is 0 Å². The van der Waals surface area contributed by atoms with Crippen LogP contribution >= 0.6 is 0 Å². The summed E-state index contributed by atoms with van der Waals surface area (Å²) < 4.78 is 0. The molecule has 1 aliphatic carbocycles. The molecule has 39 heavy (non-hydrogen) atoms. The zero-order chi connectivity index (χ0) is 26.7. The number of hydrogen-bond donors (Lipinski definition) is 2. The normalized spacial score (nSPS) is 13.3. The lowest BCUT2D eigenvalue weighted by atomic mass is 9.81. The molecule has 0 heterocycles. The Morgan fingerprint density at radius 3 is 1.51 bits per heavy atom. The third-order valence-corrected chi connectivity index (χ3v) is 8.37. The maximum atomic E-state index is 3.83. The fraction of sp³-hybridized carbons (Fsp3) is 0.135. The fourth-order valence-corrected chi connectivity index (χ4v) is 6.20. The largest absolute Gasteiger partial charge is 0.355 e. The van der Waals surface area contributed by atoms with E-state index in [0.29, 0.717) is 0 Å². The zero-order valence-corrected chi connectivity index (χ0v) is 22.9. The van der Waals surface area contributed by atoms with Crippen LogP contribution < -0.4 is 10.6 Å². The topological polar surface area (TPSA) is 24.1 Å². The second-order valence-electron chi connectivity index (χ2n) is 11.4. The minimum atomic E-state index is -0.0720. The summed E-state index contributed by atoms with van der Waals surface area (Å²) >= 11 is 0. The number of aryl methyl sites for hydroxylation is 2. The summed E-state index contributed by atoms with van der Waals surface area (Å²) in [4.78, 5) is 0. The Balaban J connectivity index is 1.56. The maximum Gasteiger partial charge on any atom is 0.0545 e. The highest BCUT2D eigenvalue weighted by molar-refractivity contribution is 6.22. The maximum absolute atomic E-state index is 3.83. The van der Waals surface area contributed by atoms with Crippen molar-refractivity contribution in [3.05, 3.63) is 131 Å². The molecule has 0 atom stereocenters. The lowest BCUT2D eigenvalue weighted by molar-refractivity contribution is 0.661. The first-order valence-corrected chi connectivity index (χ1v) is 13.7. The molecule has 0 radical (unpaired) electrons. The van der Waals surface area contributed by atoms with E-state index in [2.05, 4.69) is 148 Å². The van der Waals surface area contributed by atoms with Gasteiger partial charge in [-0.05, 0) is 72.5 Å². The molecule has 7 rings (SSSR count). The molecular weight excluding hydrogens is 472 g/mol. The van der Waals surface area contributed by atoms with Crippen molar-refractivity contribution in [2.24, 2.45) is 0 Å². The number of nitrogens with one attached hydrogen (secondary N) is 2. The lowest BCUT2D eigenvalue weighted by Crippen LogP contribution is -2.15. The molecule has 6 aromatic carbocycles. The number of benzene rings is 6. The van der Waals surface area contributed by atoms with Crippen LogP contribution in [0.3, 0.4) is 0 Å². The second-order valence-corrected chi connectivity index (χ2v) is 11.4. The van der Waals surface area contributed by atoms with Gasteiger partial charge in [0, 0.05) is 38.3 Å². The van der Waals surface area contributed by atoms with E-state index >= 15 is 0 Å². The van der Waals surface area contributed by atoms with Crippen molar-refractivity contribution in [2.45, 2.75) is 33.1 Å². The van der Waals surface area contributed by atoms with Crippen LogP contribution in [0.25, 0.3) is 32.7 Å². The van der Waals surface area contributed by atoms with Gasteiger partial charge >= 0.3 is 0 Å². The number of anilines is 4. The van der Waals surface area contributed by atoms with Gasteiger partial charge in [0.05, 0.1) is 11.4 Å². The Bertz CT molecular complexity index is 1880. The van der Waals surface area contributed by atoms with Crippen molar-refractivity contribution in [3.8, 4) is 11.1 Å². The highest BCUT2D eigenvalue weighted by Gasteiger charge is 2.36. The van der Waals surface area contributed by atoms with E-state index < -0.39 is 0 Å². The Morgan fingerprint density at radius 1 is 0.462 bits per heavy atom. The third kappa shape index (κ3) is 3.79. The molecule has 0 bridgehead atoms. The van der Waals surface area contributed by atoms with Gasteiger partial charge in [0.15, 0.2) is 0 Å². The monoisotopic (exact) mass is 504 g/mol. The van der Waals surface area contributed by atoms with Gasteiger partial charge in [0.25, 0.3) is 0 Å². The quantitative estimate of drug-likeness (QED) is 0.184. The summed E-state index contributed by atoms with van der Waals surface area (Å²) in [5, 5.41) is 12.5. The summed E-state index contributed by atoms with van der Waals surface area (Å²) in [5.41, 5.74) is 12.3. The van der Waals surface area contributed by atoms with Gasteiger partial charge < -0.3 is 10.6 Å². The van der Waals surface area contributed by atoms with E-state index in [1.54, 1.807) is 0 Å². The van der Waals surface area contributed by atoms with Crippen LogP contribution in [0.15, 0.2) is 109 Å². The minimum Gasteiger partial charge on any atom is -0.355 e. The van der Waals surface area contributed by atoms with E-state index in [-0.39, 0.29) is 5.41 Å². The second kappa shape index (κ2) is 8.74. The molecule has 2 nitrogen and oxygen atoms in total. The van der Waals surface area contributed by atoms with Crippen molar-refractivity contribution < 1.29 is 0 Å². The number of rotatable bonds is 4. The van der Waals surface area contributed by atoms with Crippen molar-refractivity contribution >= 4 is 44.3 Å². The molecular formula is C37H32N2. The van der Waals surface area contributed by atoms with E-state index in [1.807, 2.05) is 0 Å². The van der Waals surface area contributed by atoms with E-state index in [0.717, 1.165) is 22.7 Å². The van der Waals surface area contributed by atoms with Crippen LogP contribution in [0.4, 0.5) is 22.7 Å². The first-order valence-electron chi connectivity index (χ1n) is 13.7. The van der Waals surface area contributed by atoms with Crippen LogP contribution in [0, 0.1) is 13.8 Å². The molecule has 0 spiro atoms. The molecule has 2 N–H and O–H groups in total. The number of hydrogen-bond acceptors (Lipinski definition) is 2. The summed E-state index contributed by atoms with van der Waals surface area (Å²) in [6, 6.07) is 39.8. The van der Waals surface area contributed by atoms with Gasteiger partial charge in [-0.1, -0.05) is 97.8 Å². The predicted molar refractivity (Wildman–Crippen MR) is 168 cm³/mol. The first kappa shape index (κ1) is 23.5. The van der Waals surface area contributed by atoms with Gasteiger partial charge in [-0.2, -0.15) is 0 Å². The van der Waals surface area contributed by atoms with Crippen LogP contribution in [0.1, 0.15) is 36.1 Å². The molecule has 0 saturated carbocycles. The van der Waals surface area contributed by atoms with Crippen LogP contribution in [0.5, 0.6) is 0 Å². The summed E-state index contributed by atoms with van der Waals surface area (Å²) in [5.74, 6) is 0. The zero-order valence-electron chi connectivity index (χ0n) is 22.9. The molecule has 0 amide bonds. The summed E-state index contributed by atoms with van der Waals surface area (Å²) in [7, 11) is 0. The molecule has 0 aliphatic heterocycles. The molecule has 2 heteroatoms. The average Bonchev–Trinajstić information content (AvgIpc) is 3.18. The molecule has 1 aliphatic rings. The predicted octanol–water partition coefficient (Wildman–Crippen LogP) is 10.4. The molecule has 190 valence electrons. The highest BCUT2D eigenvalue weighted by atomic mass is 14.9. The van der Waals surface area contributed by atoms with Gasteiger partial charge in [-0.15, -0.1) is 0 Å². The number of fused-ring (bicyclic) bond motifs is 5. The van der Waals surface area contributed by atoms with Crippen LogP contribution in [-0.4, -0.2) is 0 Å². The van der Waals surface area contributed by atoms with Crippen molar-refractivity contribution in [2.75, 3.05) is 10.6 Å². The summed E-state index contributed by atoms with van der Waals surface area (Å²) in [6.45, 7) is 8.96. The smallest absolute Gasteiger partial charge is 0.0545 e.